The first-order valence-electron chi connectivity index (χ1n) is 9.37. The van der Waals surface area contributed by atoms with Gasteiger partial charge in [-0.2, -0.15) is 0 Å². The van der Waals surface area contributed by atoms with Crippen LogP contribution >= 0.6 is 11.9 Å². The average Bonchev–Trinajstić information content (AvgIpc) is 2.69. The molecule has 0 radical (unpaired) electrons. The van der Waals surface area contributed by atoms with Crippen LogP contribution in [0.2, 0.25) is 0 Å². The van der Waals surface area contributed by atoms with Crippen molar-refractivity contribution >= 4 is 23.4 Å². The number of hydrogen-bond donors (Lipinski definition) is 0. The smallest absolute Gasteiger partial charge is 0.178 e. The number of nitrogens with zero attached hydrogens (tertiary/aromatic N) is 3. The second-order valence-corrected chi connectivity index (χ2v) is 8.03. The maximum atomic E-state index is 12.3. The van der Waals surface area contributed by atoms with Gasteiger partial charge in [-0.25, -0.2) is 4.31 Å². The molecule has 2 aromatic carbocycles. The fourth-order valence-electron chi connectivity index (χ4n) is 3.66. The normalized spacial score (nSPS) is 18.8. The molecule has 2 aliphatic heterocycles. The summed E-state index contributed by atoms with van der Waals surface area (Å²) in [5, 5.41) is 0. The van der Waals surface area contributed by atoms with E-state index in [1.165, 1.54) is 5.69 Å². The quantitative estimate of drug-likeness (QED) is 0.755. The van der Waals surface area contributed by atoms with Gasteiger partial charge >= 0.3 is 0 Å². The molecule has 0 spiro atoms. The first kappa shape index (κ1) is 17.6. The molecule has 5 heteroatoms. The molecule has 0 N–H and O–H groups in total. The predicted molar refractivity (Wildman–Crippen MR) is 108 cm³/mol. The number of anilines is 1. The van der Waals surface area contributed by atoms with Gasteiger partial charge in [0.05, 0.1) is 6.54 Å². The molecule has 26 heavy (non-hydrogen) atoms. The SMILES string of the molecule is O=C1CN(CCCN2CCN(c3ccccc3)CC2)Sc2ccccc21. The lowest BCUT2D eigenvalue weighted by molar-refractivity contribution is 0.0961. The van der Waals surface area contributed by atoms with Crippen molar-refractivity contribution in [1.82, 2.24) is 9.21 Å². The molecule has 2 aliphatic rings. The molecule has 1 fully saturated rings. The van der Waals surface area contributed by atoms with Gasteiger partial charge in [-0.1, -0.05) is 36.4 Å². The van der Waals surface area contributed by atoms with Crippen LogP contribution in [0.4, 0.5) is 5.69 Å². The van der Waals surface area contributed by atoms with E-state index in [1.54, 1.807) is 11.9 Å². The van der Waals surface area contributed by atoms with Crippen LogP contribution in [0.3, 0.4) is 0 Å². The number of carbonyl (C=O) groups is 1. The molecule has 0 saturated carbocycles. The Bertz CT molecular complexity index is 744. The third kappa shape index (κ3) is 4.11. The minimum Gasteiger partial charge on any atom is -0.369 e. The average molecular weight is 368 g/mol. The predicted octanol–water partition coefficient (Wildman–Crippen LogP) is 3.40. The zero-order valence-corrected chi connectivity index (χ0v) is 15.8. The van der Waals surface area contributed by atoms with Crippen molar-refractivity contribution in [2.45, 2.75) is 11.3 Å². The van der Waals surface area contributed by atoms with Crippen molar-refractivity contribution in [2.75, 3.05) is 50.7 Å². The van der Waals surface area contributed by atoms with Crippen molar-refractivity contribution in [1.29, 1.82) is 0 Å². The van der Waals surface area contributed by atoms with Crippen molar-refractivity contribution < 1.29 is 4.79 Å². The van der Waals surface area contributed by atoms with E-state index < -0.39 is 0 Å². The Kier molecular flexibility index (Phi) is 5.58. The van der Waals surface area contributed by atoms with Crippen molar-refractivity contribution in [3.8, 4) is 0 Å². The van der Waals surface area contributed by atoms with Gasteiger partial charge in [0.1, 0.15) is 0 Å². The Morgan fingerprint density at radius 2 is 1.58 bits per heavy atom. The van der Waals surface area contributed by atoms with E-state index in [0.717, 1.165) is 56.1 Å². The minimum atomic E-state index is 0.246. The van der Waals surface area contributed by atoms with Crippen LogP contribution in [0, 0.1) is 0 Å². The first-order valence-corrected chi connectivity index (χ1v) is 10.1. The number of para-hydroxylation sites is 1. The Morgan fingerprint density at radius 1 is 0.846 bits per heavy atom. The number of piperazine rings is 1. The van der Waals surface area contributed by atoms with Gasteiger partial charge in [-0.3, -0.25) is 9.69 Å². The summed E-state index contributed by atoms with van der Waals surface area (Å²) in [6.45, 7) is 7.01. The molecule has 136 valence electrons. The van der Waals surface area contributed by atoms with Crippen LogP contribution in [0.5, 0.6) is 0 Å². The van der Waals surface area contributed by atoms with Gasteiger partial charge < -0.3 is 4.90 Å². The van der Waals surface area contributed by atoms with Crippen molar-refractivity contribution in [2.24, 2.45) is 0 Å². The second-order valence-electron chi connectivity index (χ2n) is 6.89. The molecule has 0 unspecified atom stereocenters. The van der Waals surface area contributed by atoms with Crippen LogP contribution in [-0.2, 0) is 0 Å². The fourth-order valence-corrected chi connectivity index (χ4v) is 4.76. The Labute approximate surface area is 159 Å². The lowest BCUT2D eigenvalue weighted by Crippen LogP contribution is -2.47. The summed E-state index contributed by atoms with van der Waals surface area (Å²) in [6, 6.07) is 18.6. The number of rotatable bonds is 5. The number of hydrogen-bond acceptors (Lipinski definition) is 5. The van der Waals surface area contributed by atoms with E-state index in [9.17, 15) is 4.79 Å². The van der Waals surface area contributed by atoms with Crippen LogP contribution in [-0.4, -0.2) is 60.8 Å². The van der Waals surface area contributed by atoms with E-state index in [-0.39, 0.29) is 5.78 Å². The molecule has 2 heterocycles. The van der Waals surface area contributed by atoms with Gasteiger partial charge in [-0.15, -0.1) is 0 Å². The van der Waals surface area contributed by atoms with Crippen molar-refractivity contribution in [3.63, 3.8) is 0 Å². The van der Waals surface area contributed by atoms with Gasteiger partial charge in [-0.05, 0) is 43.1 Å². The first-order chi connectivity index (χ1) is 12.8. The fraction of sp³-hybridized carbons (Fsp3) is 0.381. The molecule has 4 rings (SSSR count). The summed E-state index contributed by atoms with van der Waals surface area (Å²) < 4.78 is 2.21. The molecular formula is C21H25N3OS. The highest BCUT2D eigenvalue weighted by Crippen LogP contribution is 2.31. The highest BCUT2D eigenvalue weighted by atomic mass is 32.2. The monoisotopic (exact) mass is 367 g/mol. The van der Waals surface area contributed by atoms with E-state index in [4.69, 9.17) is 0 Å². The van der Waals surface area contributed by atoms with Crippen LogP contribution in [0.1, 0.15) is 16.8 Å². The Balaban J connectivity index is 1.21. The maximum Gasteiger partial charge on any atom is 0.178 e. The van der Waals surface area contributed by atoms with Crippen molar-refractivity contribution in [3.05, 3.63) is 60.2 Å². The lowest BCUT2D eigenvalue weighted by Gasteiger charge is -2.36. The topological polar surface area (TPSA) is 26.8 Å². The Morgan fingerprint density at radius 3 is 2.38 bits per heavy atom. The van der Waals surface area contributed by atoms with Gasteiger partial charge in [0, 0.05) is 48.9 Å². The number of carbonyl (C=O) groups excluding carboxylic acids is 1. The van der Waals surface area contributed by atoms with Gasteiger partial charge in [0.25, 0.3) is 0 Å². The Hall–Kier alpha value is -1.82. The zero-order chi connectivity index (χ0) is 17.8. The summed E-state index contributed by atoms with van der Waals surface area (Å²) in [5.74, 6) is 0.246. The number of Topliss-reactive ketones (excluding diaryl/α,β-unsaturated/α-hetero) is 1. The summed E-state index contributed by atoms with van der Waals surface area (Å²) in [4.78, 5) is 18.4. The van der Waals surface area contributed by atoms with E-state index >= 15 is 0 Å². The minimum absolute atomic E-state index is 0.246. The van der Waals surface area contributed by atoms with Gasteiger partial charge in [0.2, 0.25) is 0 Å². The maximum absolute atomic E-state index is 12.3. The molecule has 2 aromatic rings. The van der Waals surface area contributed by atoms with E-state index in [0.29, 0.717) is 6.54 Å². The molecule has 0 aromatic heterocycles. The lowest BCUT2D eigenvalue weighted by atomic mass is 10.1. The summed E-state index contributed by atoms with van der Waals surface area (Å²) in [6.07, 6.45) is 1.10. The van der Waals surface area contributed by atoms with E-state index in [2.05, 4.69) is 44.4 Å². The van der Waals surface area contributed by atoms with Crippen LogP contribution in [0.15, 0.2) is 59.5 Å². The molecule has 0 bridgehead atoms. The third-order valence-corrected chi connectivity index (χ3v) is 6.23. The molecular weight excluding hydrogens is 342 g/mol. The number of ketones is 1. The summed E-state index contributed by atoms with van der Waals surface area (Å²) >= 11 is 1.73. The molecule has 0 aliphatic carbocycles. The standard InChI is InChI=1S/C21H25N3OS/c25-20-17-24(26-21-10-5-4-9-19(20)21)12-6-11-22-13-15-23(16-14-22)18-7-2-1-3-8-18/h1-5,7-10H,6,11-17H2. The zero-order valence-electron chi connectivity index (χ0n) is 15.0. The third-order valence-electron chi connectivity index (χ3n) is 5.11. The second kappa shape index (κ2) is 8.25. The van der Waals surface area contributed by atoms with Crippen LogP contribution < -0.4 is 4.90 Å². The molecule has 1 saturated heterocycles. The molecule has 0 amide bonds. The molecule has 0 atom stereocenters. The molecule has 4 nitrogen and oxygen atoms in total. The summed E-state index contributed by atoms with van der Waals surface area (Å²) in [5.41, 5.74) is 2.21. The highest BCUT2D eigenvalue weighted by Gasteiger charge is 2.23. The van der Waals surface area contributed by atoms with Gasteiger partial charge in [0.15, 0.2) is 5.78 Å². The van der Waals surface area contributed by atoms with Crippen LogP contribution in [0.25, 0.3) is 0 Å². The number of benzene rings is 2. The number of fused-ring (bicyclic) bond motifs is 1. The largest absolute Gasteiger partial charge is 0.369 e. The summed E-state index contributed by atoms with van der Waals surface area (Å²) in [7, 11) is 0. The van der Waals surface area contributed by atoms with E-state index in [1.807, 2.05) is 24.3 Å². The highest BCUT2D eigenvalue weighted by molar-refractivity contribution is 7.97.